The van der Waals surface area contributed by atoms with E-state index in [1.165, 1.54) is 0 Å². The maximum Gasteiger partial charge on any atom is 0.135 e. The molecule has 0 spiro atoms. The third kappa shape index (κ3) is 2.16. The Morgan fingerprint density at radius 3 is 2.81 bits per heavy atom. The van der Waals surface area contributed by atoms with E-state index < -0.39 is 0 Å². The van der Waals surface area contributed by atoms with Gasteiger partial charge in [0.2, 0.25) is 0 Å². The van der Waals surface area contributed by atoms with Crippen LogP contribution in [0, 0.1) is 6.92 Å². The van der Waals surface area contributed by atoms with Gasteiger partial charge in [0.15, 0.2) is 0 Å². The fraction of sp³-hybridized carbons (Fsp3) is 0.250. The molecule has 82 valence electrons. The third-order valence-corrected chi connectivity index (χ3v) is 2.33. The van der Waals surface area contributed by atoms with E-state index in [4.69, 9.17) is 0 Å². The highest BCUT2D eigenvalue weighted by molar-refractivity contribution is 5.77. The molecule has 16 heavy (non-hydrogen) atoms. The Kier molecular flexibility index (Phi) is 2.81. The Balaban J connectivity index is 2.32. The molecular weight excluding hydrogens is 202 g/mol. The summed E-state index contributed by atoms with van der Waals surface area (Å²) in [4.78, 5) is 10.9. The van der Waals surface area contributed by atoms with Crippen LogP contribution in [0.2, 0.25) is 0 Å². The van der Waals surface area contributed by atoms with Crippen LogP contribution in [-0.4, -0.2) is 20.8 Å². The molecule has 2 rings (SSSR count). The normalized spacial score (nSPS) is 10.4. The molecular formula is C12H13N3O. The van der Waals surface area contributed by atoms with Gasteiger partial charge in [-0.2, -0.15) is 0 Å². The highest BCUT2D eigenvalue weighted by Crippen LogP contribution is 2.12. The first-order valence-corrected chi connectivity index (χ1v) is 5.13. The lowest BCUT2D eigenvalue weighted by Gasteiger charge is -2.02. The van der Waals surface area contributed by atoms with Crippen LogP contribution in [0.15, 0.2) is 30.5 Å². The predicted octanol–water partition coefficient (Wildman–Crippen LogP) is 1.71. The van der Waals surface area contributed by atoms with Crippen LogP contribution in [0.3, 0.4) is 0 Å². The lowest BCUT2D eigenvalue weighted by atomic mass is 10.2. The first-order chi connectivity index (χ1) is 7.66. The van der Waals surface area contributed by atoms with Gasteiger partial charge < -0.3 is 0 Å². The average Bonchev–Trinajstić information content (AvgIpc) is 2.66. The average molecular weight is 215 g/mol. The summed E-state index contributed by atoms with van der Waals surface area (Å²) in [5.41, 5.74) is 2.82. The molecule has 0 N–H and O–H groups in total. The minimum absolute atomic E-state index is 0.0943. The van der Waals surface area contributed by atoms with Crippen LogP contribution in [-0.2, 0) is 11.2 Å². The Morgan fingerprint density at radius 2 is 2.12 bits per heavy atom. The van der Waals surface area contributed by atoms with Gasteiger partial charge in [0, 0.05) is 0 Å². The van der Waals surface area contributed by atoms with Crippen LogP contribution in [0.4, 0.5) is 0 Å². The van der Waals surface area contributed by atoms with Crippen molar-refractivity contribution in [2.75, 3.05) is 0 Å². The van der Waals surface area contributed by atoms with Crippen molar-refractivity contribution < 1.29 is 4.79 Å². The van der Waals surface area contributed by atoms with E-state index in [0.29, 0.717) is 12.1 Å². The van der Waals surface area contributed by atoms with E-state index in [1.54, 1.807) is 17.8 Å². The molecule has 4 nitrogen and oxygen atoms in total. The maximum atomic E-state index is 10.9. The number of para-hydroxylation sites is 1. The molecule has 0 saturated carbocycles. The zero-order valence-corrected chi connectivity index (χ0v) is 9.34. The van der Waals surface area contributed by atoms with Gasteiger partial charge >= 0.3 is 0 Å². The molecule has 2 aromatic rings. The number of rotatable bonds is 3. The van der Waals surface area contributed by atoms with Gasteiger partial charge in [-0.1, -0.05) is 23.4 Å². The van der Waals surface area contributed by atoms with Gasteiger partial charge in [-0.3, -0.25) is 4.79 Å². The van der Waals surface area contributed by atoms with Crippen molar-refractivity contribution in [2.24, 2.45) is 0 Å². The van der Waals surface area contributed by atoms with Gasteiger partial charge in [0.05, 0.1) is 24.0 Å². The van der Waals surface area contributed by atoms with Crippen LogP contribution >= 0.6 is 0 Å². The number of hydrogen-bond donors (Lipinski definition) is 0. The number of Topliss-reactive ketones (excluding diaryl/α,β-unsaturated/α-hetero) is 1. The molecule has 1 heterocycles. The largest absolute Gasteiger partial charge is 0.300 e. The second-order valence-corrected chi connectivity index (χ2v) is 3.82. The summed E-state index contributed by atoms with van der Waals surface area (Å²) in [5, 5.41) is 7.98. The van der Waals surface area contributed by atoms with Crippen molar-refractivity contribution in [3.63, 3.8) is 0 Å². The molecule has 0 aliphatic carbocycles. The first-order valence-electron chi connectivity index (χ1n) is 5.13. The SMILES string of the molecule is CC(=O)Cc1cn(-c2ccccc2C)nn1. The van der Waals surface area contributed by atoms with Crippen molar-refractivity contribution >= 4 is 5.78 Å². The Hall–Kier alpha value is -1.97. The summed E-state index contributed by atoms with van der Waals surface area (Å²) in [5.74, 6) is 0.0943. The zero-order chi connectivity index (χ0) is 11.5. The van der Waals surface area contributed by atoms with Gasteiger partial charge in [0.25, 0.3) is 0 Å². The molecule has 0 aliphatic heterocycles. The van der Waals surface area contributed by atoms with E-state index in [0.717, 1.165) is 11.3 Å². The van der Waals surface area contributed by atoms with Crippen LogP contribution in [0.25, 0.3) is 5.69 Å². The van der Waals surface area contributed by atoms with Crippen molar-refractivity contribution in [1.29, 1.82) is 0 Å². The van der Waals surface area contributed by atoms with E-state index in [1.807, 2.05) is 31.2 Å². The fourth-order valence-corrected chi connectivity index (χ4v) is 1.57. The van der Waals surface area contributed by atoms with Crippen molar-refractivity contribution in [3.05, 3.63) is 41.7 Å². The molecule has 0 bridgehead atoms. The van der Waals surface area contributed by atoms with E-state index in [2.05, 4.69) is 10.3 Å². The monoisotopic (exact) mass is 215 g/mol. The second-order valence-electron chi connectivity index (χ2n) is 3.82. The zero-order valence-electron chi connectivity index (χ0n) is 9.34. The molecule has 0 atom stereocenters. The summed E-state index contributed by atoms with van der Waals surface area (Å²) in [6, 6.07) is 7.92. The molecule has 4 heteroatoms. The van der Waals surface area contributed by atoms with Crippen LogP contribution < -0.4 is 0 Å². The Bertz CT molecular complexity index is 516. The molecule has 1 aromatic heterocycles. The van der Waals surface area contributed by atoms with E-state index in [-0.39, 0.29) is 5.78 Å². The molecule has 1 aromatic carbocycles. The standard InChI is InChI=1S/C12H13N3O/c1-9-5-3-4-6-12(9)15-8-11(13-14-15)7-10(2)16/h3-6,8H,7H2,1-2H3. The third-order valence-electron chi connectivity index (χ3n) is 2.33. The number of carbonyl (C=O) groups excluding carboxylic acids is 1. The number of benzene rings is 1. The molecule has 0 aliphatic rings. The van der Waals surface area contributed by atoms with Gasteiger partial charge in [0.1, 0.15) is 5.78 Å². The van der Waals surface area contributed by atoms with Gasteiger partial charge in [-0.15, -0.1) is 5.10 Å². The first kappa shape index (κ1) is 10.5. The molecule has 0 amide bonds. The molecule has 0 radical (unpaired) electrons. The maximum absolute atomic E-state index is 10.9. The fourth-order valence-electron chi connectivity index (χ4n) is 1.57. The summed E-state index contributed by atoms with van der Waals surface area (Å²) in [6.07, 6.45) is 2.13. The molecule has 0 unspecified atom stereocenters. The minimum Gasteiger partial charge on any atom is -0.300 e. The summed E-state index contributed by atoms with van der Waals surface area (Å²) >= 11 is 0. The Morgan fingerprint density at radius 1 is 1.38 bits per heavy atom. The van der Waals surface area contributed by atoms with Crippen LogP contribution in [0.1, 0.15) is 18.2 Å². The highest BCUT2D eigenvalue weighted by atomic mass is 16.1. The summed E-state index contributed by atoms with van der Waals surface area (Å²) < 4.78 is 1.70. The minimum atomic E-state index is 0.0943. The number of aryl methyl sites for hydroxylation is 1. The summed E-state index contributed by atoms with van der Waals surface area (Å²) in [6.45, 7) is 3.56. The summed E-state index contributed by atoms with van der Waals surface area (Å²) in [7, 11) is 0. The van der Waals surface area contributed by atoms with E-state index >= 15 is 0 Å². The van der Waals surface area contributed by atoms with Crippen molar-refractivity contribution in [2.45, 2.75) is 20.3 Å². The number of nitrogens with zero attached hydrogens (tertiary/aromatic N) is 3. The highest BCUT2D eigenvalue weighted by Gasteiger charge is 2.06. The van der Waals surface area contributed by atoms with E-state index in [9.17, 15) is 4.79 Å². The van der Waals surface area contributed by atoms with Gasteiger partial charge in [-0.05, 0) is 25.5 Å². The number of aromatic nitrogens is 3. The quantitative estimate of drug-likeness (QED) is 0.783. The van der Waals surface area contributed by atoms with Crippen molar-refractivity contribution in [1.82, 2.24) is 15.0 Å². The lowest BCUT2D eigenvalue weighted by molar-refractivity contribution is -0.116. The lowest BCUT2D eigenvalue weighted by Crippen LogP contribution is -1.97. The van der Waals surface area contributed by atoms with Crippen molar-refractivity contribution in [3.8, 4) is 5.69 Å². The topological polar surface area (TPSA) is 47.8 Å². The van der Waals surface area contributed by atoms with Crippen LogP contribution in [0.5, 0.6) is 0 Å². The van der Waals surface area contributed by atoms with Gasteiger partial charge in [-0.25, -0.2) is 4.68 Å². The number of hydrogen-bond acceptors (Lipinski definition) is 3. The number of ketones is 1. The molecule has 0 saturated heterocycles. The molecule has 0 fully saturated rings. The smallest absolute Gasteiger partial charge is 0.135 e. The second kappa shape index (κ2) is 4.26. The Labute approximate surface area is 93.9 Å². The number of carbonyl (C=O) groups is 1. The predicted molar refractivity (Wildman–Crippen MR) is 60.5 cm³/mol.